The Morgan fingerprint density at radius 3 is 2.88 bits per heavy atom. The van der Waals surface area contributed by atoms with Crippen LogP contribution in [0.3, 0.4) is 0 Å². The first-order valence-corrected chi connectivity index (χ1v) is 5.45. The molecule has 0 bridgehead atoms. The maximum absolute atomic E-state index is 12.0. The molecule has 2 rings (SSSR count). The van der Waals surface area contributed by atoms with Gasteiger partial charge in [0.1, 0.15) is 6.04 Å². The standard InChI is InChI=1S/C10H16N4O3/c1-7-11-9(17-12-7)8-6-16-5-4-14(8)10(15)13(2)3/h8H,4-6H2,1-3H3. The molecule has 1 atom stereocenters. The van der Waals surface area contributed by atoms with Gasteiger partial charge in [-0.05, 0) is 6.92 Å². The van der Waals surface area contributed by atoms with Crippen LogP contribution in [-0.2, 0) is 4.74 Å². The number of aromatic nitrogens is 2. The van der Waals surface area contributed by atoms with Crippen LogP contribution in [0.15, 0.2) is 4.52 Å². The van der Waals surface area contributed by atoms with Crippen molar-refractivity contribution in [3.63, 3.8) is 0 Å². The van der Waals surface area contributed by atoms with Gasteiger partial charge in [-0.25, -0.2) is 4.79 Å². The van der Waals surface area contributed by atoms with Crippen molar-refractivity contribution in [2.45, 2.75) is 13.0 Å². The van der Waals surface area contributed by atoms with E-state index in [0.717, 1.165) is 0 Å². The van der Waals surface area contributed by atoms with E-state index in [1.807, 2.05) is 0 Å². The quantitative estimate of drug-likeness (QED) is 0.712. The lowest BCUT2D eigenvalue weighted by molar-refractivity contribution is -0.00479. The molecule has 1 saturated heterocycles. The summed E-state index contributed by atoms with van der Waals surface area (Å²) in [6.07, 6.45) is 0. The molecule has 1 aromatic rings. The number of aryl methyl sites for hydroxylation is 1. The number of nitrogens with zero attached hydrogens (tertiary/aromatic N) is 4. The second-order valence-electron chi connectivity index (χ2n) is 4.14. The van der Waals surface area contributed by atoms with Gasteiger partial charge in [0.15, 0.2) is 5.82 Å². The fourth-order valence-electron chi connectivity index (χ4n) is 1.74. The molecular weight excluding hydrogens is 224 g/mol. The lowest BCUT2D eigenvalue weighted by atomic mass is 10.2. The predicted molar refractivity (Wildman–Crippen MR) is 58.4 cm³/mol. The van der Waals surface area contributed by atoms with Gasteiger partial charge in [0.2, 0.25) is 0 Å². The van der Waals surface area contributed by atoms with E-state index in [4.69, 9.17) is 9.26 Å². The summed E-state index contributed by atoms with van der Waals surface area (Å²) >= 11 is 0. The summed E-state index contributed by atoms with van der Waals surface area (Å²) in [6.45, 7) is 3.20. The van der Waals surface area contributed by atoms with Gasteiger partial charge in [-0.1, -0.05) is 5.16 Å². The van der Waals surface area contributed by atoms with Crippen LogP contribution in [0.25, 0.3) is 0 Å². The monoisotopic (exact) mass is 240 g/mol. The molecule has 0 radical (unpaired) electrons. The summed E-state index contributed by atoms with van der Waals surface area (Å²) in [5.41, 5.74) is 0. The Bertz CT molecular complexity index is 404. The fourth-order valence-corrected chi connectivity index (χ4v) is 1.74. The number of morpholine rings is 1. The summed E-state index contributed by atoms with van der Waals surface area (Å²) in [6, 6.07) is -0.367. The van der Waals surface area contributed by atoms with E-state index in [0.29, 0.717) is 31.5 Å². The minimum Gasteiger partial charge on any atom is -0.377 e. The molecule has 0 saturated carbocycles. The fraction of sp³-hybridized carbons (Fsp3) is 0.700. The molecule has 0 aliphatic carbocycles. The first-order chi connectivity index (χ1) is 8.09. The van der Waals surface area contributed by atoms with Crippen molar-refractivity contribution in [3.05, 3.63) is 11.7 Å². The van der Waals surface area contributed by atoms with E-state index in [1.165, 1.54) is 4.90 Å². The van der Waals surface area contributed by atoms with Gasteiger partial charge < -0.3 is 19.1 Å². The van der Waals surface area contributed by atoms with Crippen LogP contribution in [-0.4, -0.2) is 59.8 Å². The lowest BCUT2D eigenvalue weighted by Crippen LogP contribution is -2.47. The Morgan fingerprint density at radius 1 is 1.53 bits per heavy atom. The average molecular weight is 240 g/mol. The highest BCUT2D eigenvalue weighted by molar-refractivity contribution is 5.74. The topological polar surface area (TPSA) is 71.7 Å². The molecule has 1 aromatic heterocycles. The second kappa shape index (κ2) is 4.70. The van der Waals surface area contributed by atoms with Crippen LogP contribution in [0.2, 0.25) is 0 Å². The molecule has 0 N–H and O–H groups in total. The van der Waals surface area contributed by atoms with Crippen LogP contribution >= 0.6 is 0 Å². The van der Waals surface area contributed by atoms with Crippen molar-refractivity contribution in [1.29, 1.82) is 0 Å². The van der Waals surface area contributed by atoms with Gasteiger partial charge in [-0.2, -0.15) is 4.98 Å². The lowest BCUT2D eigenvalue weighted by Gasteiger charge is -2.34. The molecule has 0 aromatic carbocycles. The second-order valence-corrected chi connectivity index (χ2v) is 4.14. The summed E-state index contributed by atoms with van der Waals surface area (Å²) < 4.78 is 10.5. The van der Waals surface area contributed by atoms with E-state index in [1.54, 1.807) is 25.9 Å². The Hall–Kier alpha value is -1.63. The normalized spacial score (nSPS) is 20.4. The highest BCUT2D eigenvalue weighted by Gasteiger charge is 2.33. The van der Waals surface area contributed by atoms with E-state index in [2.05, 4.69) is 10.1 Å². The van der Waals surface area contributed by atoms with Crippen LogP contribution in [0.4, 0.5) is 4.79 Å². The summed E-state index contributed by atoms with van der Waals surface area (Å²) in [7, 11) is 3.43. The number of hydrogen-bond donors (Lipinski definition) is 0. The van der Waals surface area contributed by atoms with Crippen molar-refractivity contribution in [2.24, 2.45) is 0 Å². The molecule has 1 fully saturated rings. The molecule has 2 amide bonds. The number of urea groups is 1. The van der Waals surface area contributed by atoms with Gasteiger partial charge in [0, 0.05) is 20.6 Å². The van der Waals surface area contributed by atoms with Crippen molar-refractivity contribution in [1.82, 2.24) is 19.9 Å². The molecule has 17 heavy (non-hydrogen) atoms. The summed E-state index contributed by atoms with van der Waals surface area (Å²) in [4.78, 5) is 19.4. The summed E-state index contributed by atoms with van der Waals surface area (Å²) in [5, 5.41) is 3.74. The first kappa shape index (κ1) is 11.8. The number of rotatable bonds is 1. The number of ether oxygens (including phenoxy) is 1. The van der Waals surface area contributed by atoms with Gasteiger partial charge in [0.05, 0.1) is 13.2 Å². The zero-order valence-electron chi connectivity index (χ0n) is 10.2. The maximum atomic E-state index is 12.0. The molecule has 7 nitrogen and oxygen atoms in total. The highest BCUT2D eigenvalue weighted by atomic mass is 16.5. The third-order valence-corrected chi connectivity index (χ3v) is 2.59. The Kier molecular flexibility index (Phi) is 3.28. The molecule has 1 unspecified atom stereocenters. The molecule has 2 heterocycles. The molecule has 7 heteroatoms. The third kappa shape index (κ3) is 2.38. The van der Waals surface area contributed by atoms with Gasteiger partial charge in [0.25, 0.3) is 5.89 Å². The highest BCUT2D eigenvalue weighted by Crippen LogP contribution is 2.23. The van der Waals surface area contributed by atoms with E-state index in [-0.39, 0.29) is 12.1 Å². The Labute approximate surface area is 99.3 Å². The van der Waals surface area contributed by atoms with Crippen LogP contribution in [0.1, 0.15) is 17.8 Å². The predicted octanol–water partition coefficient (Wildman–Crippen LogP) is 0.433. The van der Waals surface area contributed by atoms with Crippen molar-refractivity contribution in [2.75, 3.05) is 33.9 Å². The first-order valence-electron chi connectivity index (χ1n) is 5.45. The smallest absolute Gasteiger partial charge is 0.320 e. The van der Waals surface area contributed by atoms with Crippen LogP contribution in [0, 0.1) is 6.92 Å². The Morgan fingerprint density at radius 2 is 2.29 bits per heavy atom. The van der Waals surface area contributed by atoms with E-state index >= 15 is 0 Å². The molecule has 1 aliphatic rings. The van der Waals surface area contributed by atoms with Crippen LogP contribution in [0.5, 0.6) is 0 Å². The van der Waals surface area contributed by atoms with Crippen molar-refractivity contribution in [3.8, 4) is 0 Å². The zero-order valence-corrected chi connectivity index (χ0v) is 10.2. The van der Waals surface area contributed by atoms with Gasteiger partial charge in [-0.15, -0.1) is 0 Å². The molecule has 94 valence electrons. The van der Waals surface area contributed by atoms with Gasteiger partial charge in [-0.3, -0.25) is 0 Å². The summed E-state index contributed by atoms with van der Waals surface area (Å²) in [5.74, 6) is 0.986. The molecular formula is C10H16N4O3. The molecule has 1 aliphatic heterocycles. The molecule has 0 spiro atoms. The largest absolute Gasteiger partial charge is 0.377 e. The minimum absolute atomic E-state index is 0.0749. The number of carbonyl (C=O) groups is 1. The Balaban J connectivity index is 2.20. The number of carbonyl (C=O) groups excluding carboxylic acids is 1. The van der Waals surface area contributed by atoms with Crippen molar-refractivity contribution >= 4 is 6.03 Å². The van der Waals surface area contributed by atoms with E-state index in [9.17, 15) is 4.79 Å². The number of hydrogen-bond acceptors (Lipinski definition) is 5. The average Bonchev–Trinajstić information content (AvgIpc) is 2.74. The van der Waals surface area contributed by atoms with E-state index < -0.39 is 0 Å². The van der Waals surface area contributed by atoms with Gasteiger partial charge >= 0.3 is 6.03 Å². The maximum Gasteiger partial charge on any atom is 0.320 e. The minimum atomic E-state index is -0.292. The SMILES string of the molecule is Cc1noc(C2COCCN2C(=O)N(C)C)n1. The number of amides is 2. The third-order valence-electron chi connectivity index (χ3n) is 2.59. The van der Waals surface area contributed by atoms with Crippen molar-refractivity contribution < 1.29 is 14.1 Å². The van der Waals surface area contributed by atoms with Crippen LogP contribution < -0.4 is 0 Å². The zero-order chi connectivity index (χ0) is 12.4.